The molecule has 1 atom stereocenters. The van der Waals surface area contributed by atoms with Crippen LogP contribution >= 0.6 is 0 Å². The van der Waals surface area contributed by atoms with Gasteiger partial charge in [-0.25, -0.2) is 4.68 Å². The summed E-state index contributed by atoms with van der Waals surface area (Å²) in [5, 5.41) is 13.0. The molecule has 0 aliphatic carbocycles. The minimum atomic E-state index is 0.177. The maximum atomic E-state index is 4.37. The molecular weight excluding hydrogens is 312 g/mol. The van der Waals surface area contributed by atoms with Crippen molar-refractivity contribution in [3.05, 3.63) is 60.0 Å². The van der Waals surface area contributed by atoms with Crippen molar-refractivity contribution in [2.45, 2.75) is 38.3 Å². The highest BCUT2D eigenvalue weighted by Crippen LogP contribution is 2.33. The van der Waals surface area contributed by atoms with Crippen LogP contribution in [0.3, 0.4) is 0 Å². The van der Waals surface area contributed by atoms with E-state index in [0.29, 0.717) is 0 Å². The van der Waals surface area contributed by atoms with Crippen LogP contribution in [-0.4, -0.2) is 41.8 Å². The van der Waals surface area contributed by atoms with Gasteiger partial charge in [0.1, 0.15) is 0 Å². The second-order valence-electron chi connectivity index (χ2n) is 7.19. The molecule has 4 rings (SSSR count). The molecular formula is C19H24N6. The second-order valence-corrected chi connectivity index (χ2v) is 7.19. The highest BCUT2D eigenvalue weighted by atomic mass is 15.5. The van der Waals surface area contributed by atoms with Gasteiger partial charge in [0.15, 0.2) is 5.82 Å². The van der Waals surface area contributed by atoms with Crippen molar-refractivity contribution in [1.29, 1.82) is 0 Å². The molecule has 25 heavy (non-hydrogen) atoms. The van der Waals surface area contributed by atoms with E-state index in [1.54, 1.807) is 9.36 Å². The Kier molecular flexibility index (Phi) is 4.13. The van der Waals surface area contributed by atoms with E-state index < -0.39 is 0 Å². The predicted octanol–water partition coefficient (Wildman–Crippen LogP) is 2.60. The lowest BCUT2D eigenvalue weighted by Gasteiger charge is -2.35. The molecule has 1 aliphatic rings. The first kappa shape index (κ1) is 16.0. The van der Waals surface area contributed by atoms with Gasteiger partial charge in [0.2, 0.25) is 0 Å². The van der Waals surface area contributed by atoms with E-state index in [0.717, 1.165) is 31.0 Å². The van der Waals surface area contributed by atoms with Gasteiger partial charge in [0.05, 0.1) is 11.9 Å². The molecule has 0 bridgehead atoms. The summed E-state index contributed by atoms with van der Waals surface area (Å²) in [6.45, 7) is 4.31. The maximum Gasteiger partial charge on any atom is 0.176 e. The Hall–Kier alpha value is -2.47. The molecule has 0 radical (unpaired) electrons. The minimum Gasteiger partial charge on any atom is -0.292 e. The molecule has 0 amide bonds. The lowest BCUT2D eigenvalue weighted by atomic mass is 9.90. The fraction of sp³-hybridized carbons (Fsp3) is 0.421. The normalized spacial score (nSPS) is 21.0. The molecule has 6 heteroatoms. The highest BCUT2D eigenvalue weighted by Gasteiger charge is 2.36. The number of aromatic nitrogens is 5. The topological polar surface area (TPSA) is 51.8 Å². The van der Waals surface area contributed by atoms with Gasteiger partial charge in [-0.1, -0.05) is 35.5 Å². The standard InChI is InChI=1S/C19H24N6/c1-19(13-16-7-4-3-5-8-16)10-6-11-24(19)14-17-15-25(22-20-17)18-9-12-23(2)21-18/h3-5,7-9,12,15H,6,10-11,13-14H2,1-2H3. The van der Waals surface area contributed by atoms with Crippen molar-refractivity contribution in [2.24, 2.45) is 7.05 Å². The molecule has 2 aromatic heterocycles. The number of likely N-dealkylation sites (tertiary alicyclic amines) is 1. The van der Waals surface area contributed by atoms with Gasteiger partial charge in [-0.3, -0.25) is 9.58 Å². The highest BCUT2D eigenvalue weighted by molar-refractivity contribution is 5.20. The van der Waals surface area contributed by atoms with Gasteiger partial charge in [0, 0.05) is 31.4 Å². The third-order valence-corrected chi connectivity index (χ3v) is 5.16. The smallest absolute Gasteiger partial charge is 0.176 e. The molecule has 1 fully saturated rings. The van der Waals surface area contributed by atoms with Crippen molar-refractivity contribution in [3.63, 3.8) is 0 Å². The number of nitrogens with zero attached hydrogens (tertiary/aromatic N) is 6. The van der Waals surface area contributed by atoms with Gasteiger partial charge in [-0.2, -0.15) is 5.10 Å². The molecule has 0 N–H and O–H groups in total. The molecule has 1 aliphatic heterocycles. The molecule has 1 saturated heterocycles. The number of aryl methyl sites for hydroxylation is 1. The summed E-state index contributed by atoms with van der Waals surface area (Å²) in [5.74, 6) is 0.801. The Balaban J connectivity index is 1.49. The van der Waals surface area contributed by atoms with Crippen molar-refractivity contribution in [2.75, 3.05) is 6.54 Å². The fourth-order valence-electron chi connectivity index (χ4n) is 3.79. The first-order valence-corrected chi connectivity index (χ1v) is 8.83. The van der Waals surface area contributed by atoms with Crippen LogP contribution in [0, 0.1) is 0 Å². The third-order valence-electron chi connectivity index (χ3n) is 5.16. The van der Waals surface area contributed by atoms with Crippen molar-refractivity contribution in [3.8, 4) is 5.82 Å². The summed E-state index contributed by atoms with van der Waals surface area (Å²) in [7, 11) is 1.90. The van der Waals surface area contributed by atoms with Gasteiger partial charge in [0.25, 0.3) is 0 Å². The molecule has 3 aromatic rings. The van der Waals surface area contributed by atoms with Crippen molar-refractivity contribution < 1.29 is 0 Å². The van der Waals surface area contributed by atoms with Gasteiger partial charge in [-0.05, 0) is 38.3 Å². The SMILES string of the molecule is Cn1ccc(-n2cc(CN3CCCC3(C)Cc3ccccc3)nn2)n1. The first-order chi connectivity index (χ1) is 12.1. The summed E-state index contributed by atoms with van der Waals surface area (Å²) in [5.41, 5.74) is 2.57. The van der Waals surface area contributed by atoms with E-state index in [9.17, 15) is 0 Å². The van der Waals surface area contributed by atoms with Crippen LogP contribution in [0.25, 0.3) is 5.82 Å². The molecule has 1 aromatic carbocycles. The Bertz CT molecular complexity index is 836. The monoisotopic (exact) mass is 336 g/mol. The molecule has 0 saturated carbocycles. The average molecular weight is 336 g/mol. The molecule has 1 unspecified atom stereocenters. The van der Waals surface area contributed by atoms with Gasteiger partial charge < -0.3 is 0 Å². The second kappa shape index (κ2) is 6.44. The summed E-state index contributed by atoms with van der Waals surface area (Å²) >= 11 is 0. The zero-order valence-corrected chi connectivity index (χ0v) is 14.8. The van der Waals surface area contributed by atoms with E-state index in [1.807, 2.05) is 25.5 Å². The van der Waals surface area contributed by atoms with E-state index in [4.69, 9.17) is 0 Å². The molecule has 3 heterocycles. The molecule has 6 nitrogen and oxygen atoms in total. The number of rotatable bonds is 5. The quantitative estimate of drug-likeness (QED) is 0.719. The van der Waals surface area contributed by atoms with E-state index in [2.05, 4.69) is 57.6 Å². The first-order valence-electron chi connectivity index (χ1n) is 8.83. The van der Waals surface area contributed by atoms with Crippen LogP contribution in [0.4, 0.5) is 0 Å². The van der Waals surface area contributed by atoms with Crippen LogP contribution < -0.4 is 0 Å². The van der Waals surface area contributed by atoms with E-state index >= 15 is 0 Å². The molecule has 130 valence electrons. The van der Waals surface area contributed by atoms with Gasteiger partial charge >= 0.3 is 0 Å². The van der Waals surface area contributed by atoms with E-state index in [-0.39, 0.29) is 5.54 Å². The average Bonchev–Trinajstić information content (AvgIpc) is 3.31. The maximum absolute atomic E-state index is 4.37. The predicted molar refractivity (Wildman–Crippen MR) is 96.3 cm³/mol. The van der Waals surface area contributed by atoms with Crippen LogP contribution in [0.15, 0.2) is 48.8 Å². The van der Waals surface area contributed by atoms with Crippen molar-refractivity contribution >= 4 is 0 Å². The Morgan fingerprint density at radius 3 is 2.76 bits per heavy atom. The number of hydrogen-bond acceptors (Lipinski definition) is 4. The lowest BCUT2D eigenvalue weighted by Crippen LogP contribution is -2.42. The zero-order chi connectivity index (χ0) is 17.3. The molecule has 0 spiro atoms. The zero-order valence-electron chi connectivity index (χ0n) is 14.8. The van der Waals surface area contributed by atoms with Crippen molar-refractivity contribution in [1.82, 2.24) is 29.7 Å². The number of benzene rings is 1. The van der Waals surface area contributed by atoms with Gasteiger partial charge in [-0.15, -0.1) is 5.10 Å². The Labute approximate surface area is 148 Å². The van der Waals surface area contributed by atoms with Crippen LogP contribution in [0.1, 0.15) is 31.0 Å². The van der Waals surface area contributed by atoms with Crippen LogP contribution in [-0.2, 0) is 20.0 Å². The van der Waals surface area contributed by atoms with Crippen LogP contribution in [0.5, 0.6) is 0 Å². The number of hydrogen-bond donors (Lipinski definition) is 0. The summed E-state index contributed by atoms with van der Waals surface area (Å²) in [6, 6.07) is 12.7. The summed E-state index contributed by atoms with van der Waals surface area (Å²) in [6.07, 6.45) is 7.42. The Morgan fingerprint density at radius 2 is 2.00 bits per heavy atom. The summed E-state index contributed by atoms with van der Waals surface area (Å²) < 4.78 is 3.52. The van der Waals surface area contributed by atoms with Crippen LogP contribution in [0.2, 0.25) is 0 Å². The lowest BCUT2D eigenvalue weighted by molar-refractivity contribution is 0.145. The summed E-state index contributed by atoms with van der Waals surface area (Å²) in [4.78, 5) is 2.55. The third kappa shape index (κ3) is 3.35. The Morgan fingerprint density at radius 1 is 1.16 bits per heavy atom. The largest absolute Gasteiger partial charge is 0.292 e. The fourth-order valence-corrected chi connectivity index (χ4v) is 3.79. The minimum absolute atomic E-state index is 0.177. The van der Waals surface area contributed by atoms with E-state index in [1.165, 1.54) is 18.4 Å².